The lowest BCUT2D eigenvalue weighted by molar-refractivity contribution is -0.112. The Labute approximate surface area is 170 Å². The molecule has 6 nitrogen and oxygen atoms in total. The standard InChI is InChI=1S/C20H15Cl2NO5/c1-28-20-18(26)11(6-10-2-4-16(24)13(21)7-10)8-15(19(20)27)23-12-3-5-17(25)14(22)9-12/h2-5,7-9,24-26H,6H2,1H3. The van der Waals surface area contributed by atoms with Gasteiger partial charge in [-0.05, 0) is 42.0 Å². The van der Waals surface area contributed by atoms with Gasteiger partial charge >= 0.3 is 0 Å². The molecule has 2 aromatic carbocycles. The Bertz CT molecular complexity index is 1060. The minimum Gasteiger partial charge on any atom is -0.506 e. The first kappa shape index (κ1) is 19.8. The molecule has 1 aliphatic rings. The van der Waals surface area contributed by atoms with Crippen molar-refractivity contribution >= 4 is 40.4 Å². The van der Waals surface area contributed by atoms with Gasteiger partial charge in [0.25, 0.3) is 0 Å². The summed E-state index contributed by atoms with van der Waals surface area (Å²) >= 11 is 11.8. The second kappa shape index (κ2) is 7.96. The number of allylic oxidation sites excluding steroid dienone is 3. The molecule has 0 saturated heterocycles. The first-order valence-electron chi connectivity index (χ1n) is 8.07. The zero-order valence-corrected chi connectivity index (χ0v) is 16.1. The van der Waals surface area contributed by atoms with Crippen molar-refractivity contribution in [1.82, 2.24) is 0 Å². The lowest BCUT2D eigenvalue weighted by Gasteiger charge is -2.17. The van der Waals surface area contributed by atoms with E-state index in [0.29, 0.717) is 16.8 Å². The second-order valence-electron chi connectivity index (χ2n) is 5.98. The zero-order valence-electron chi connectivity index (χ0n) is 14.6. The highest BCUT2D eigenvalue weighted by Crippen LogP contribution is 2.31. The summed E-state index contributed by atoms with van der Waals surface area (Å²) in [7, 11) is 1.28. The Balaban J connectivity index is 2.03. The number of hydrogen-bond donors (Lipinski definition) is 3. The summed E-state index contributed by atoms with van der Waals surface area (Å²) in [5, 5.41) is 29.8. The van der Waals surface area contributed by atoms with E-state index in [1.54, 1.807) is 12.1 Å². The molecule has 0 atom stereocenters. The predicted molar refractivity (Wildman–Crippen MR) is 107 cm³/mol. The predicted octanol–water partition coefficient (Wildman–Crippen LogP) is 4.64. The van der Waals surface area contributed by atoms with E-state index in [-0.39, 0.29) is 45.2 Å². The molecular formula is C20H15Cl2NO5. The topological polar surface area (TPSA) is 99.3 Å². The van der Waals surface area contributed by atoms with Crippen LogP contribution in [0.4, 0.5) is 5.69 Å². The summed E-state index contributed by atoms with van der Waals surface area (Å²) < 4.78 is 5.06. The Morgan fingerprint density at radius 3 is 2.25 bits per heavy atom. The van der Waals surface area contributed by atoms with Crippen LogP contribution in [-0.2, 0) is 16.0 Å². The molecule has 0 aromatic heterocycles. The highest BCUT2D eigenvalue weighted by atomic mass is 35.5. The van der Waals surface area contributed by atoms with Gasteiger partial charge in [0.1, 0.15) is 17.2 Å². The van der Waals surface area contributed by atoms with E-state index in [1.165, 1.54) is 37.5 Å². The van der Waals surface area contributed by atoms with E-state index in [2.05, 4.69) is 4.99 Å². The molecule has 1 aliphatic carbocycles. The number of aliphatic hydroxyl groups excluding tert-OH is 1. The van der Waals surface area contributed by atoms with E-state index in [0.717, 1.165) is 0 Å². The van der Waals surface area contributed by atoms with Gasteiger partial charge in [-0.25, -0.2) is 4.99 Å². The molecule has 2 aromatic rings. The molecule has 8 heteroatoms. The number of halogens is 2. The van der Waals surface area contributed by atoms with Crippen LogP contribution in [0.3, 0.4) is 0 Å². The summed E-state index contributed by atoms with van der Waals surface area (Å²) in [4.78, 5) is 16.8. The van der Waals surface area contributed by atoms with Crippen molar-refractivity contribution in [3.05, 3.63) is 75.2 Å². The van der Waals surface area contributed by atoms with Gasteiger partial charge < -0.3 is 20.1 Å². The monoisotopic (exact) mass is 419 g/mol. The normalized spacial score (nSPS) is 15.8. The molecule has 3 rings (SSSR count). The van der Waals surface area contributed by atoms with Gasteiger partial charge in [-0.2, -0.15) is 0 Å². The number of methoxy groups -OCH3 is 1. The quantitative estimate of drug-likeness (QED) is 0.626. The van der Waals surface area contributed by atoms with Crippen LogP contribution in [0.15, 0.2) is 64.6 Å². The molecular weight excluding hydrogens is 405 g/mol. The molecule has 0 saturated carbocycles. The van der Waals surface area contributed by atoms with E-state index in [4.69, 9.17) is 27.9 Å². The van der Waals surface area contributed by atoms with Crippen LogP contribution in [0, 0.1) is 0 Å². The van der Waals surface area contributed by atoms with Crippen molar-refractivity contribution in [1.29, 1.82) is 0 Å². The fourth-order valence-corrected chi connectivity index (χ4v) is 3.04. The number of Topliss-reactive ketones (excluding diaryl/α,β-unsaturated/α-hetero) is 1. The van der Waals surface area contributed by atoms with Crippen LogP contribution in [0.2, 0.25) is 10.0 Å². The Morgan fingerprint density at radius 2 is 1.64 bits per heavy atom. The largest absolute Gasteiger partial charge is 0.506 e. The maximum absolute atomic E-state index is 12.6. The Kier molecular flexibility index (Phi) is 5.63. The molecule has 0 amide bonds. The maximum Gasteiger partial charge on any atom is 0.249 e. The number of phenols is 2. The first-order chi connectivity index (χ1) is 13.3. The summed E-state index contributed by atoms with van der Waals surface area (Å²) in [6, 6.07) is 8.92. The van der Waals surface area contributed by atoms with Crippen LogP contribution < -0.4 is 0 Å². The van der Waals surface area contributed by atoms with Gasteiger partial charge in [0, 0.05) is 12.0 Å². The molecule has 0 radical (unpaired) electrons. The lowest BCUT2D eigenvalue weighted by Crippen LogP contribution is -2.23. The smallest absolute Gasteiger partial charge is 0.249 e. The van der Waals surface area contributed by atoms with Gasteiger partial charge in [0.2, 0.25) is 11.5 Å². The van der Waals surface area contributed by atoms with E-state index >= 15 is 0 Å². The summed E-state index contributed by atoms with van der Waals surface area (Å²) in [5.41, 5.74) is 1.49. The fourth-order valence-electron chi connectivity index (χ4n) is 2.66. The number of aliphatic imine (C=N–C) groups is 1. The van der Waals surface area contributed by atoms with Crippen LogP contribution in [-0.4, -0.2) is 33.9 Å². The highest BCUT2D eigenvalue weighted by Gasteiger charge is 2.28. The van der Waals surface area contributed by atoms with Crippen molar-refractivity contribution in [3.8, 4) is 11.5 Å². The van der Waals surface area contributed by atoms with Crippen molar-refractivity contribution < 1.29 is 24.9 Å². The van der Waals surface area contributed by atoms with E-state index < -0.39 is 5.78 Å². The van der Waals surface area contributed by atoms with Crippen molar-refractivity contribution in [2.45, 2.75) is 6.42 Å². The number of aromatic hydroxyl groups is 2. The van der Waals surface area contributed by atoms with Gasteiger partial charge in [-0.1, -0.05) is 29.3 Å². The Morgan fingerprint density at radius 1 is 1.00 bits per heavy atom. The summed E-state index contributed by atoms with van der Waals surface area (Å²) in [6.45, 7) is 0. The van der Waals surface area contributed by atoms with Crippen LogP contribution in [0.5, 0.6) is 11.5 Å². The average Bonchev–Trinajstić information content (AvgIpc) is 2.65. The first-order valence-corrected chi connectivity index (χ1v) is 8.83. The van der Waals surface area contributed by atoms with Crippen molar-refractivity contribution in [2.75, 3.05) is 7.11 Å². The third kappa shape index (κ3) is 3.98. The van der Waals surface area contributed by atoms with E-state index in [9.17, 15) is 20.1 Å². The van der Waals surface area contributed by atoms with Gasteiger partial charge in [0.15, 0.2) is 5.76 Å². The summed E-state index contributed by atoms with van der Waals surface area (Å²) in [6.07, 6.45) is 1.67. The highest BCUT2D eigenvalue weighted by molar-refractivity contribution is 6.50. The third-order valence-electron chi connectivity index (χ3n) is 4.06. The number of rotatable bonds is 4. The third-order valence-corrected chi connectivity index (χ3v) is 4.67. The second-order valence-corrected chi connectivity index (χ2v) is 6.79. The van der Waals surface area contributed by atoms with E-state index in [1.807, 2.05) is 0 Å². The number of carbonyl (C=O) groups is 1. The molecule has 3 N–H and O–H groups in total. The van der Waals surface area contributed by atoms with Crippen LogP contribution >= 0.6 is 23.2 Å². The van der Waals surface area contributed by atoms with Crippen molar-refractivity contribution in [2.24, 2.45) is 4.99 Å². The Hall–Kier alpha value is -2.96. The molecule has 0 aliphatic heterocycles. The molecule has 0 fully saturated rings. The average molecular weight is 420 g/mol. The summed E-state index contributed by atoms with van der Waals surface area (Å²) in [5.74, 6) is -1.26. The number of ether oxygens (including phenoxy) is 1. The number of aliphatic hydroxyl groups is 1. The molecule has 0 heterocycles. The lowest BCUT2D eigenvalue weighted by atomic mass is 9.95. The molecule has 0 spiro atoms. The SMILES string of the molecule is COC1=C(O)C(Cc2ccc(O)c(Cl)c2)=CC(=Nc2ccc(O)c(Cl)c2)C1=O. The molecule has 144 valence electrons. The zero-order chi connectivity index (χ0) is 20.4. The number of carbonyl (C=O) groups excluding carboxylic acids is 1. The minimum absolute atomic E-state index is 0.0382. The number of nitrogens with zero attached hydrogens (tertiary/aromatic N) is 1. The van der Waals surface area contributed by atoms with Crippen LogP contribution in [0.25, 0.3) is 0 Å². The minimum atomic E-state index is -0.586. The molecule has 0 unspecified atom stereocenters. The van der Waals surface area contributed by atoms with Crippen LogP contribution in [0.1, 0.15) is 5.56 Å². The number of ketones is 1. The number of hydrogen-bond acceptors (Lipinski definition) is 6. The number of benzene rings is 2. The molecule has 28 heavy (non-hydrogen) atoms. The molecule has 0 bridgehead atoms. The fraction of sp³-hybridized carbons (Fsp3) is 0.100. The maximum atomic E-state index is 12.6. The number of phenolic OH excluding ortho intramolecular Hbond substituents is 2. The van der Waals surface area contributed by atoms with Gasteiger partial charge in [-0.15, -0.1) is 0 Å². The van der Waals surface area contributed by atoms with Crippen molar-refractivity contribution in [3.63, 3.8) is 0 Å². The van der Waals surface area contributed by atoms with Gasteiger partial charge in [-0.3, -0.25) is 4.79 Å². The van der Waals surface area contributed by atoms with Gasteiger partial charge in [0.05, 0.1) is 22.8 Å².